The molecule has 0 bridgehead atoms. The number of halogens is 1. The van der Waals surface area contributed by atoms with E-state index >= 15 is 0 Å². The van der Waals surface area contributed by atoms with E-state index in [1.165, 1.54) is 12.1 Å². The number of esters is 1. The Morgan fingerprint density at radius 2 is 1.94 bits per heavy atom. The monoisotopic (exact) mass is 266 g/mol. The van der Waals surface area contributed by atoms with E-state index in [9.17, 15) is 4.79 Å². The van der Waals surface area contributed by atoms with Crippen LogP contribution >= 0.6 is 11.6 Å². The highest BCUT2D eigenvalue weighted by Crippen LogP contribution is 2.16. The van der Waals surface area contributed by atoms with Gasteiger partial charge in [0.2, 0.25) is 5.76 Å². The zero-order valence-corrected chi connectivity index (χ0v) is 10.4. The predicted molar refractivity (Wildman–Crippen MR) is 65.8 cm³/mol. The number of furan rings is 1. The Balaban J connectivity index is 1.92. The molecule has 0 unspecified atom stereocenters. The van der Waals surface area contributed by atoms with Crippen molar-refractivity contribution in [2.24, 2.45) is 0 Å². The molecule has 0 saturated heterocycles. The fourth-order valence-corrected chi connectivity index (χ4v) is 1.51. The van der Waals surface area contributed by atoms with Crippen LogP contribution < -0.4 is 4.74 Å². The third-order valence-electron chi connectivity index (χ3n) is 2.30. The van der Waals surface area contributed by atoms with Gasteiger partial charge in [0, 0.05) is 0 Å². The molecule has 0 atom stereocenters. The van der Waals surface area contributed by atoms with E-state index in [4.69, 9.17) is 25.5 Å². The second-order valence-corrected chi connectivity index (χ2v) is 3.90. The molecule has 5 heteroatoms. The average Bonchev–Trinajstić information content (AvgIpc) is 2.83. The Labute approximate surface area is 109 Å². The minimum atomic E-state index is -0.544. The molecule has 18 heavy (non-hydrogen) atoms. The normalized spacial score (nSPS) is 10.1. The van der Waals surface area contributed by atoms with E-state index < -0.39 is 5.97 Å². The van der Waals surface area contributed by atoms with Gasteiger partial charge in [0.1, 0.15) is 12.4 Å². The van der Waals surface area contributed by atoms with Crippen molar-refractivity contribution in [1.29, 1.82) is 0 Å². The maximum atomic E-state index is 11.6. The summed E-state index contributed by atoms with van der Waals surface area (Å²) in [5.41, 5.74) is 0.863. The lowest BCUT2D eigenvalue weighted by Crippen LogP contribution is -2.03. The third-order valence-corrected chi connectivity index (χ3v) is 2.51. The van der Waals surface area contributed by atoms with Gasteiger partial charge < -0.3 is 13.9 Å². The Kier molecular flexibility index (Phi) is 3.89. The Morgan fingerprint density at radius 1 is 1.22 bits per heavy atom. The summed E-state index contributed by atoms with van der Waals surface area (Å²) < 4.78 is 15.0. The van der Waals surface area contributed by atoms with Crippen molar-refractivity contribution in [3.05, 3.63) is 52.9 Å². The number of ether oxygens (including phenoxy) is 2. The quantitative estimate of drug-likeness (QED) is 0.797. The van der Waals surface area contributed by atoms with Crippen molar-refractivity contribution < 1.29 is 18.7 Å². The maximum Gasteiger partial charge on any atom is 0.374 e. The molecular formula is C13H11ClO4. The minimum Gasteiger partial charge on any atom is -0.497 e. The molecule has 1 aromatic heterocycles. The Hall–Kier alpha value is -1.94. The highest BCUT2D eigenvalue weighted by atomic mass is 35.5. The van der Waals surface area contributed by atoms with Crippen molar-refractivity contribution in [2.75, 3.05) is 7.11 Å². The van der Waals surface area contributed by atoms with Crippen LogP contribution in [0.15, 0.2) is 40.8 Å². The summed E-state index contributed by atoms with van der Waals surface area (Å²) in [7, 11) is 1.59. The molecule has 2 rings (SSSR count). The van der Waals surface area contributed by atoms with Crippen molar-refractivity contribution in [3.8, 4) is 5.75 Å². The molecule has 0 aliphatic carbocycles. The molecule has 0 aliphatic heterocycles. The molecule has 2 aromatic rings. The molecule has 4 nitrogen and oxygen atoms in total. The predicted octanol–water partition coefficient (Wildman–Crippen LogP) is 3.30. The number of rotatable bonds is 4. The lowest BCUT2D eigenvalue weighted by atomic mass is 10.2. The lowest BCUT2D eigenvalue weighted by molar-refractivity contribution is 0.0436. The fourth-order valence-electron chi connectivity index (χ4n) is 1.37. The second-order valence-electron chi connectivity index (χ2n) is 3.53. The average molecular weight is 267 g/mol. The van der Waals surface area contributed by atoms with E-state index in [0.717, 1.165) is 11.3 Å². The first kappa shape index (κ1) is 12.5. The summed E-state index contributed by atoms with van der Waals surface area (Å²) in [6.07, 6.45) is 0. The second kappa shape index (κ2) is 5.60. The summed E-state index contributed by atoms with van der Waals surface area (Å²) in [5.74, 6) is 0.300. The Morgan fingerprint density at radius 3 is 2.50 bits per heavy atom. The SMILES string of the molecule is COc1ccc(COC(=O)c2ccc(Cl)o2)cc1. The lowest BCUT2D eigenvalue weighted by Gasteiger charge is -2.04. The van der Waals surface area contributed by atoms with Crippen LogP contribution in [0, 0.1) is 0 Å². The molecule has 0 saturated carbocycles. The Bertz CT molecular complexity index is 530. The smallest absolute Gasteiger partial charge is 0.374 e. The third kappa shape index (κ3) is 3.05. The maximum absolute atomic E-state index is 11.6. The van der Waals surface area contributed by atoms with E-state index in [2.05, 4.69) is 0 Å². The van der Waals surface area contributed by atoms with E-state index in [0.29, 0.717) is 0 Å². The molecule has 1 aromatic carbocycles. The first-order valence-electron chi connectivity index (χ1n) is 5.24. The summed E-state index contributed by atoms with van der Waals surface area (Å²) in [4.78, 5) is 11.6. The van der Waals surface area contributed by atoms with Crippen molar-refractivity contribution in [1.82, 2.24) is 0 Å². The van der Waals surface area contributed by atoms with Crippen LogP contribution in [0.4, 0.5) is 0 Å². The van der Waals surface area contributed by atoms with Crippen LogP contribution in [-0.2, 0) is 11.3 Å². The molecule has 0 spiro atoms. The largest absolute Gasteiger partial charge is 0.497 e. The topological polar surface area (TPSA) is 48.7 Å². The van der Waals surface area contributed by atoms with Gasteiger partial charge in [-0.3, -0.25) is 0 Å². The number of carbonyl (C=O) groups excluding carboxylic acids is 1. The zero-order valence-electron chi connectivity index (χ0n) is 9.68. The zero-order chi connectivity index (χ0) is 13.0. The van der Waals surface area contributed by atoms with Gasteiger partial charge in [0.05, 0.1) is 7.11 Å². The van der Waals surface area contributed by atoms with E-state index in [1.807, 2.05) is 12.1 Å². The summed E-state index contributed by atoms with van der Waals surface area (Å²) in [5, 5.41) is 0.159. The molecule has 94 valence electrons. The molecule has 0 radical (unpaired) electrons. The molecule has 0 fully saturated rings. The van der Waals surface area contributed by atoms with Crippen molar-refractivity contribution in [3.63, 3.8) is 0 Å². The van der Waals surface area contributed by atoms with E-state index in [-0.39, 0.29) is 17.6 Å². The van der Waals surface area contributed by atoms with Crippen LogP contribution in [0.1, 0.15) is 16.1 Å². The van der Waals surface area contributed by atoms with Crippen molar-refractivity contribution >= 4 is 17.6 Å². The number of methoxy groups -OCH3 is 1. The minimum absolute atomic E-state index is 0.0912. The molecular weight excluding hydrogens is 256 g/mol. The fraction of sp³-hybridized carbons (Fsp3) is 0.154. The van der Waals surface area contributed by atoms with Gasteiger partial charge >= 0.3 is 5.97 Å². The van der Waals surface area contributed by atoms with Gasteiger partial charge in [-0.1, -0.05) is 12.1 Å². The van der Waals surface area contributed by atoms with E-state index in [1.54, 1.807) is 19.2 Å². The number of carbonyl (C=O) groups is 1. The standard InChI is InChI=1S/C13H11ClO4/c1-16-10-4-2-9(3-5-10)8-17-13(15)11-6-7-12(14)18-11/h2-7H,8H2,1H3. The van der Waals surface area contributed by atoms with Gasteiger partial charge in [-0.25, -0.2) is 4.79 Å². The molecule has 1 heterocycles. The summed E-state index contributed by atoms with van der Waals surface area (Å²) in [6, 6.07) is 10.2. The highest BCUT2D eigenvalue weighted by Gasteiger charge is 2.12. The van der Waals surface area contributed by atoms with Crippen LogP contribution in [0.5, 0.6) is 5.75 Å². The van der Waals surface area contributed by atoms with Crippen molar-refractivity contribution in [2.45, 2.75) is 6.61 Å². The summed E-state index contributed by atoms with van der Waals surface area (Å²) >= 11 is 5.57. The number of benzene rings is 1. The van der Waals surface area contributed by atoms with Crippen LogP contribution in [0.25, 0.3) is 0 Å². The number of hydrogen-bond acceptors (Lipinski definition) is 4. The molecule has 0 aliphatic rings. The first-order valence-corrected chi connectivity index (χ1v) is 5.62. The van der Waals surface area contributed by atoms with Crippen LogP contribution in [0.3, 0.4) is 0 Å². The first-order chi connectivity index (χ1) is 8.69. The van der Waals surface area contributed by atoms with Crippen LogP contribution in [-0.4, -0.2) is 13.1 Å². The number of hydrogen-bond donors (Lipinski definition) is 0. The van der Waals surface area contributed by atoms with Gasteiger partial charge in [-0.2, -0.15) is 0 Å². The van der Waals surface area contributed by atoms with Gasteiger partial charge in [0.25, 0.3) is 0 Å². The van der Waals surface area contributed by atoms with Gasteiger partial charge in [0.15, 0.2) is 5.22 Å². The van der Waals surface area contributed by atoms with Crippen LogP contribution in [0.2, 0.25) is 5.22 Å². The molecule has 0 N–H and O–H groups in total. The highest BCUT2D eigenvalue weighted by molar-refractivity contribution is 6.29. The van der Waals surface area contributed by atoms with Gasteiger partial charge in [-0.15, -0.1) is 0 Å². The summed E-state index contributed by atoms with van der Waals surface area (Å²) in [6.45, 7) is 0.168. The molecule has 0 amide bonds. The van der Waals surface area contributed by atoms with Gasteiger partial charge in [-0.05, 0) is 41.4 Å².